The first kappa shape index (κ1) is 12.4. The van der Waals surface area contributed by atoms with Crippen molar-refractivity contribution >= 4 is 0 Å². The zero-order valence-corrected chi connectivity index (χ0v) is 10.7. The molecule has 94 valence electrons. The Morgan fingerprint density at radius 2 is 2.00 bits per heavy atom. The minimum absolute atomic E-state index is 0.342. The van der Waals surface area contributed by atoms with Crippen LogP contribution in [0.4, 0.5) is 0 Å². The fourth-order valence-electron chi connectivity index (χ4n) is 2.46. The van der Waals surface area contributed by atoms with E-state index in [1.807, 2.05) is 12.1 Å². The maximum Gasteiger partial charge on any atom is 0.123 e. The molecule has 1 atom stereocenters. The van der Waals surface area contributed by atoms with Crippen LogP contribution in [0.25, 0.3) is 0 Å². The van der Waals surface area contributed by atoms with Gasteiger partial charge >= 0.3 is 0 Å². The molecule has 1 aromatic rings. The monoisotopic (exact) mass is 234 g/mol. The largest absolute Gasteiger partial charge is 0.496 e. The Morgan fingerprint density at radius 3 is 2.71 bits per heavy atom. The molecule has 1 fully saturated rings. The van der Waals surface area contributed by atoms with Gasteiger partial charge in [0.15, 0.2) is 0 Å². The molecule has 1 aromatic carbocycles. The van der Waals surface area contributed by atoms with Crippen LogP contribution in [-0.2, 0) is 0 Å². The van der Waals surface area contributed by atoms with Gasteiger partial charge in [-0.3, -0.25) is 0 Å². The van der Waals surface area contributed by atoms with E-state index in [-0.39, 0.29) is 0 Å². The quantitative estimate of drug-likeness (QED) is 0.837. The summed E-state index contributed by atoms with van der Waals surface area (Å²) >= 11 is 0. The van der Waals surface area contributed by atoms with Crippen LogP contribution in [0.15, 0.2) is 24.3 Å². The number of para-hydroxylation sites is 1. The van der Waals surface area contributed by atoms with Crippen LogP contribution in [0.2, 0.25) is 0 Å². The second-order valence-electron chi connectivity index (χ2n) is 4.65. The predicted octanol–water partition coefficient (Wildman–Crippen LogP) is 2.10. The molecule has 1 aliphatic heterocycles. The highest BCUT2D eigenvalue weighted by Gasteiger charge is 2.17. The first-order valence-electron chi connectivity index (χ1n) is 6.41. The Bertz CT molecular complexity index is 348. The highest BCUT2D eigenvalue weighted by molar-refractivity contribution is 5.35. The van der Waals surface area contributed by atoms with Crippen molar-refractivity contribution in [2.45, 2.75) is 31.8 Å². The lowest BCUT2D eigenvalue weighted by atomic mass is 10.0. The SMILES string of the molecule is COc1ccccc1[C@@H](C)NC1CCNCC1. The Labute approximate surface area is 104 Å². The van der Waals surface area contributed by atoms with E-state index >= 15 is 0 Å². The normalized spacial score (nSPS) is 18.9. The summed E-state index contributed by atoms with van der Waals surface area (Å²) in [4.78, 5) is 0. The van der Waals surface area contributed by atoms with Gasteiger partial charge in [0.1, 0.15) is 5.75 Å². The number of hydrogen-bond acceptors (Lipinski definition) is 3. The molecular formula is C14H22N2O. The summed E-state index contributed by atoms with van der Waals surface area (Å²) in [7, 11) is 1.73. The van der Waals surface area contributed by atoms with E-state index in [1.165, 1.54) is 18.4 Å². The van der Waals surface area contributed by atoms with Gasteiger partial charge in [0.2, 0.25) is 0 Å². The molecule has 1 heterocycles. The average Bonchev–Trinajstić information content (AvgIpc) is 2.40. The van der Waals surface area contributed by atoms with Gasteiger partial charge in [-0.05, 0) is 38.9 Å². The van der Waals surface area contributed by atoms with Crippen molar-refractivity contribution < 1.29 is 4.74 Å². The Morgan fingerprint density at radius 1 is 1.29 bits per heavy atom. The minimum atomic E-state index is 0.342. The zero-order chi connectivity index (χ0) is 12.1. The van der Waals surface area contributed by atoms with Gasteiger partial charge in [0.25, 0.3) is 0 Å². The van der Waals surface area contributed by atoms with Gasteiger partial charge in [-0.2, -0.15) is 0 Å². The fraction of sp³-hybridized carbons (Fsp3) is 0.571. The lowest BCUT2D eigenvalue weighted by molar-refractivity contribution is 0.349. The lowest BCUT2D eigenvalue weighted by Gasteiger charge is -2.28. The number of methoxy groups -OCH3 is 1. The molecule has 0 unspecified atom stereocenters. The van der Waals surface area contributed by atoms with E-state index in [0.717, 1.165) is 18.8 Å². The van der Waals surface area contributed by atoms with E-state index in [2.05, 4.69) is 29.7 Å². The summed E-state index contributed by atoms with van der Waals surface area (Å²) in [6.45, 7) is 4.45. The van der Waals surface area contributed by atoms with E-state index in [9.17, 15) is 0 Å². The summed E-state index contributed by atoms with van der Waals surface area (Å²) in [6.07, 6.45) is 2.42. The van der Waals surface area contributed by atoms with E-state index in [1.54, 1.807) is 7.11 Å². The maximum atomic E-state index is 5.40. The van der Waals surface area contributed by atoms with Crippen LogP contribution in [0.3, 0.4) is 0 Å². The smallest absolute Gasteiger partial charge is 0.123 e. The first-order chi connectivity index (χ1) is 8.31. The highest BCUT2D eigenvalue weighted by Crippen LogP contribution is 2.25. The molecule has 0 aliphatic carbocycles. The number of ether oxygens (including phenoxy) is 1. The van der Waals surface area contributed by atoms with E-state index < -0.39 is 0 Å². The standard InChI is InChI=1S/C14H22N2O/c1-11(16-12-7-9-15-10-8-12)13-5-3-4-6-14(13)17-2/h3-6,11-12,15-16H,7-10H2,1-2H3/t11-/m1/s1. The minimum Gasteiger partial charge on any atom is -0.496 e. The Hall–Kier alpha value is -1.06. The molecule has 0 saturated carbocycles. The molecule has 2 rings (SSSR count). The molecular weight excluding hydrogens is 212 g/mol. The van der Waals surface area contributed by atoms with Crippen LogP contribution in [0.5, 0.6) is 5.75 Å². The van der Waals surface area contributed by atoms with Gasteiger partial charge in [-0.15, -0.1) is 0 Å². The van der Waals surface area contributed by atoms with Gasteiger partial charge in [-0.25, -0.2) is 0 Å². The van der Waals surface area contributed by atoms with Gasteiger partial charge in [0.05, 0.1) is 7.11 Å². The van der Waals surface area contributed by atoms with Crippen LogP contribution in [-0.4, -0.2) is 26.2 Å². The molecule has 3 nitrogen and oxygen atoms in total. The second kappa shape index (κ2) is 6.03. The van der Waals surface area contributed by atoms with Crippen molar-refractivity contribution in [2.75, 3.05) is 20.2 Å². The summed E-state index contributed by atoms with van der Waals surface area (Å²) in [6, 6.07) is 9.20. The predicted molar refractivity (Wildman–Crippen MR) is 70.4 cm³/mol. The average molecular weight is 234 g/mol. The summed E-state index contributed by atoms with van der Waals surface area (Å²) < 4.78 is 5.40. The molecule has 0 aromatic heterocycles. The molecule has 0 spiro atoms. The molecule has 17 heavy (non-hydrogen) atoms. The Balaban J connectivity index is 2.00. The first-order valence-corrected chi connectivity index (χ1v) is 6.41. The van der Waals surface area contributed by atoms with Gasteiger partial charge in [-0.1, -0.05) is 18.2 Å². The number of benzene rings is 1. The third-order valence-corrected chi connectivity index (χ3v) is 3.43. The third kappa shape index (κ3) is 3.20. The Kier molecular flexibility index (Phi) is 4.40. The van der Waals surface area contributed by atoms with Crippen molar-refractivity contribution in [1.29, 1.82) is 0 Å². The fourth-order valence-corrected chi connectivity index (χ4v) is 2.46. The zero-order valence-electron chi connectivity index (χ0n) is 10.7. The summed E-state index contributed by atoms with van der Waals surface area (Å²) in [5, 5.41) is 7.08. The van der Waals surface area contributed by atoms with Crippen LogP contribution in [0, 0.1) is 0 Å². The summed E-state index contributed by atoms with van der Waals surface area (Å²) in [5.41, 5.74) is 1.24. The maximum absolute atomic E-state index is 5.40. The van der Waals surface area contributed by atoms with Crippen LogP contribution in [0.1, 0.15) is 31.4 Å². The number of rotatable bonds is 4. The van der Waals surface area contributed by atoms with Crippen LogP contribution >= 0.6 is 0 Å². The van der Waals surface area contributed by atoms with Crippen molar-refractivity contribution in [3.05, 3.63) is 29.8 Å². The molecule has 0 bridgehead atoms. The van der Waals surface area contributed by atoms with Crippen molar-refractivity contribution in [3.63, 3.8) is 0 Å². The number of piperidine rings is 1. The van der Waals surface area contributed by atoms with Crippen molar-refractivity contribution in [1.82, 2.24) is 10.6 Å². The van der Waals surface area contributed by atoms with Gasteiger partial charge < -0.3 is 15.4 Å². The molecule has 0 radical (unpaired) electrons. The third-order valence-electron chi connectivity index (χ3n) is 3.43. The van der Waals surface area contributed by atoms with E-state index in [0.29, 0.717) is 12.1 Å². The molecule has 1 aliphatic rings. The van der Waals surface area contributed by atoms with Crippen LogP contribution < -0.4 is 15.4 Å². The topological polar surface area (TPSA) is 33.3 Å². The summed E-state index contributed by atoms with van der Waals surface area (Å²) in [5.74, 6) is 0.974. The molecule has 3 heteroatoms. The van der Waals surface area contributed by atoms with Crippen molar-refractivity contribution in [3.8, 4) is 5.75 Å². The molecule has 2 N–H and O–H groups in total. The second-order valence-corrected chi connectivity index (χ2v) is 4.65. The van der Waals surface area contributed by atoms with Crippen molar-refractivity contribution in [2.24, 2.45) is 0 Å². The molecule has 1 saturated heterocycles. The number of nitrogens with one attached hydrogen (secondary N) is 2. The number of hydrogen-bond donors (Lipinski definition) is 2. The highest BCUT2D eigenvalue weighted by atomic mass is 16.5. The van der Waals surface area contributed by atoms with Gasteiger partial charge in [0, 0.05) is 17.6 Å². The van der Waals surface area contributed by atoms with E-state index in [4.69, 9.17) is 4.74 Å². The lowest BCUT2D eigenvalue weighted by Crippen LogP contribution is -2.41. The molecule has 0 amide bonds.